The van der Waals surface area contributed by atoms with Crippen LogP contribution < -0.4 is 0 Å². The van der Waals surface area contributed by atoms with Crippen molar-refractivity contribution in [3.05, 3.63) is 114 Å². The van der Waals surface area contributed by atoms with Gasteiger partial charge in [-0.05, 0) is 31.0 Å². The third-order valence-electron chi connectivity index (χ3n) is 5.62. The third kappa shape index (κ3) is 3.29. The molecule has 0 fully saturated rings. The molecule has 0 aliphatic rings. The lowest BCUT2D eigenvalue weighted by atomic mass is 9.88. The van der Waals surface area contributed by atoms with E-state index in [1.165, 1.54) is 38.8 Å². The zero-order valence-corrected chi connectivity index (χ0v) is 17.3. The van der Waals surface area contributed by atoms with E-state index in [0.29, 0.717) is 0 Å². The number of para-hydroxylation sites is 1. The van der Waals surface area contributed by atoms with Crippen LogP contribution in [0.25, 0.3) is 44.4 Å². The molecule has 4 aromatic carbocycles. The maximum Gasteiger partial charge on any atom is 0.0794 e. The van der Waals surface area contributed by atoms with Crippen LogP contribution in [-0.4, -0.2) is 4.98 Å². The highest BCUT2D eigenvalue weighted by molar-refractivity contribution is 6.06. The molecule has 1 nitrogen and oxygen atoms in total. The summed E-state index contributed by atoms with van der Waals surface area (Å²) in [6, 6.07) is 36.6. The van der Waals surface area contributed by atoms with Crippen LogP contribution in [-0.2, 0) is 0 Å². The SMILES string of the molecule is Cc1ccc(-c2nc3ccccc3c(-c3ccccc3)c2-c2ccc(C)cc2)cc1. The van der Waals surface area contributed by atoms with Crippen LogP contribution in [0.1, 0.15) is 11.1 Å². The van der Waals surface area contributed by atoms with Gasteiger partial charge < -0.3 is 0 Å². The summed E-state index contributed by atoms with van der Waals surface area (Å²) in [5, 5.41) is 1.18. The number of nitrogens with zero attached hydrogens (tertiary/aromatic N) is 1. The van der Waals surface area contributed by atoms with Crippen molar-refractivity contribution < 1.29 is 0 Å². The Morgan fingerprint density at radius 1 is 0.467 bits per heavy atom. The molecule has 0 bridgehead atoms. The fraction of sp³-hybridized carbons (Fsp3) is 0.0690. The lowest BCUT2D eigenvalue weighted by Gasteiger charge is -2.18. The van der Waals surface area contributed by atoms with E-state index in [2.05, 4.69) is 117 Å². The highest BCUT2D eigenvalue weighted by Gasteiger charge is 2.19. The second kappa shape index (κ2) is 7.61. The quantitative estimate of drug-likeness (QED) is 0.308. The van der Waals surface area contributed by atoms with Crippen LogP contribution in [0.2, 0.25) is 0 Å². The van der Waals surface area contributed by atoms with Gasteiger partial charge in [-0.3, -0.25) is 0 Å². The molecule has 1 heteroatoms. The monoisotopic (exact) mass is 385 g/mol. The normalized spacial score (nSPS) is 11.0. The van der Waals surface area contributed by atoms with Crippen molar-refractivity contribution in [1.29, 1.82) is 0 Å². The van der Waals surface area contributed by atoms with E-state index in [1.54, 1.807) is 0 Å². The Bertz CT molecular complexity index is 1320. The molecule has 5 rings (SSSR count). The molecule has 0 unspecified atom stereocenters. The van der Waals surface area contributed by atoms with Crippen molar-refractivity contribution in [2.45, 2.75) is 13.8 Å². The fourth-order valence-corrected chi connectivity index (χ4v) is 4.04. The summed E-state index contributed by atoms with van der Waals surface area (Å²) in [6.45, 7) is 4.25. The zero-order chi connectivity index (χ0) is 20.5. The smallest absolute Gasteiger partial charge is 0.0794 e. The van der Waals surface area contributed by atoms with Crippen LogP contribution in [0.3, 0.4) is 0 Å². The van der Waals surface area contributed by atoms with Crippen molar-refractivity contribution in [3.63, 3.8) is 0 Å². The minimum absolute atomic E-state index is 1.02. The average Bonchev–Trinajstić information content (AvgIpc) is 2.79. The topological polar surface area (TPSA) is 12.9 Å². The highest BCUT2D eigenvalue weighted by atomic mass is 14.7. The molecule has 1 heterocycles. The average molecular weight is 386 g/mol. The zero-order valence-electron chi connectivity index (χ0n) is 17.3. The molecule has 0 spiro atoms. The molecule has 0 saturated heterocycles. The number of hydrogen-bond donors (Lipinski definition) is 0. The lowest BCUT2D eigenvalue weighted by molar-refractivity contribution is 1.38. The molecular formula is C29H23N. The van der Waals surface area contributed by atoms with Gasteiger partial charge in [0.2, 0.25) is 0 Å². The number of rotatable bonds is 3. The van der Waals surface area contributed by atoms with Gasteiger partial charge in [0.25, 0.3) is 0 Å². The van der Waals surface area contributed by atoms with Gasteiger partial charge in [-0.15, -0.1) is 0 Å². The van der Waals surface area contributed by atoms with E-state index in [-0.39, 0.29) is 0 Å². The first-order valence-electron chi connectivity index (χ1n) is 10.3. The largest absolute Gasteiger partial charge is 0.247 e. The molecule has 0 N–H and O–H groups in total. The molecule has 0 saturated carbocycles. The van der Waals surface area contributed by atoms with E-state index < -0.39 is 0 Å². The molecule has 0 radical (unpaired) electrons. The van der Waals surface area contributed by atoms with E-state index in [0.717, 1.165) is 16.8 Å². The number of aromatic nitrogens is 1. The molecule has 30 heavy (non-hydrogen) atoms. The Morgan fingerprint density at radius 2 is 1.00 bits per heavy atom. The number of benzene rings is 4. The maximum atomic E-state index is 5.16. The lowest BCUT2D eigenvalue weighted by Crippen LogP contribution is -1.96. The molecule has 0 amide bonds. The van der Waals surface area contributed by atoms with Gasteiger partial charge in [0.1, 0.15) is 0 Å². The Kier molecular flexibility index (Phi) is 4.65. The summed E-state index contributed by atoms with van der Waals surface area (Å²) in [5.41, 5.74) is 10.5. The van der Waals surface area contributed by atoms with Gasteiger partial charge >= 0.3 is 0 Å². The molecular weight excluding hydrogens is 362 g/mol. The molecule has 144 valence electrons. The summed E-state index contributed by atoms with van der Waals surface area (Å²) in [7, 11) is 0. The first-order valence-corrected chi connectivity index (χ1v) is 10.3. The summed E-state index contributed by atoms with van der Waals surface area (Å²) in [5.74, 6) is 0. The van der Waals surface area contributed by atoms with E-state index in [9.17, 15) is 0 Å². The molecule has 0 aliphatic heterocycles. The highest BCUT2D eigenvalue weighted by Crippen LogP contribution is 2.43. The Balaban J connectivity index is 1.94. The summed E-state index contributed by atoms with van der Waals surface area (Å²) in [4.78, 5) is 5.16. The van der Waals surface area contributed by atoms with E-state index in [1.807, 2.05) is 0 Å². The summed E-state index contributed by atoms with van der Waals surface area (Å²) >= 11 is 0. The van der Waals surface area contributed by atoms with E-state index >= 15 is 0 Å². The molecule has 5 aromatic rings. The standard InChI is InChI=1S/C29H23N/c1-20-12-16-23(17-13-20)28-27(22-8-4-3-5-9-22)25-10-6-7-11-26(25)30-29(28)24-18-14-21(2)15-19-24/h3-19H,1-2H3. The number of pyridine rings is 1. The van der Waals surface area contributed by atoms with Gasteiger partial charge in [0.15, 0.2) is 0 Å². The number of fused-ring (bicyclic) bond motifs is 1. The van der Waals surface area contributed by atoms with Crippen LogP contribution in [0.4, 0.5) is 0 Å². The fourth-order valence-electron chi connectivity index (χ4n) is 4.04. The minimum atomic E-state index is 1.02. The Morgan fingerprint density at radius 3 is 1.67 bits per heavy atom. The van der Waals surface area contributed by atoms with Crippen LogP contribution in [0.5, 0.6) is 0 Å². The van der Waals surface area contributed by atoms with Crippen LogP contribution >= 0.6 is 0 Å². The van der Waals surface area contributed by atoms with Crippen molar-refractivity contribution in [3.8, 4) is 33.5 Å². The van der Waals surface area contributed by atoms with Crippen molar-refractivity contribution >= 4 is 10.9 Å². The number of aryl methyl sites for hydroxylation is 2. The van der Waals surface area contributed by atoms with E-state index in [4.69, 9.17) is 4.98 Å². The molecule has 0 atom stereocenters. The van der Waals surface area contributed by atoms with Crippen LogP contribution in [0, 0.1) is 13.8 Å². The van der Waals surface area contributed by atoms with Gasteiger partial charge in [0, 0.05) is 22.1 Å². The molecule has 0 aliphatic carbocycles. The second-order valence-electron chi connectivity index (χ2n) is 7.83. The Labute approximate surface area is 177 Å². The maximum absolute atomic E-state index is 5.16. The predicted molar refractivity (Wildman–Crippen MR) is 128 cm³/mol. The third-order valence-corrected chi connectivity index (χ3v) is 5.62. The molecule has 1 aromatic heterocycles. The van der Waals surface area contributed by atoms with Gasteiger partial charge in [-0.1, -0.05) is 108 Å². The first-order chi connectivity index (χ1) is 14.7. The van der Waals surface area contributed by atoms with Gasteiger partial charge in [-0.25, -0.2) is 4.98 Å². The summed E-state index contributed by atoms with van der Waals surface area (Å²) < 4.78 is 0. The van der Waals surface area contributed by atoms with Gasteiger partial charge in [-0.2, -0.15) is 0 Å². The first kappa shape index (κ1) is 18.3. The van der Waals surface area contributed by atoms with Crippen molar-refractivity contribution in [2.24, 2.45) is 0 Å². The van der Waals surface area contributed by atoms with Crippen molar-refractivity contribution in [1.82, 2.24) is 4.98 Å². The second-order valence-corrected chi connectivity index (χ2v) is 7.83. The van der Waals surface area contributed by atoms with Gasteiger partial charge in [0.05, 0.1) is 11.2 Å². The Hall–Kier alpha value is -3.71. The predicted octanol–water partition coefficient (Wildman–Crippen LogP) is 7.85. The summed E-state index contributed by atoms with van der Waals surface area (Å²) in [6.07, 6.45) is 0. The van der Waals surface area contributed by atoms with Crippen LogP contribution in [0.15, 0.2) is 103 Å². The minimum Gasteiger partial charge on any atom is -0.247 e. The van der Waals surface area contributed by atoms with Crippen molar-refractivity contribution in [2.75, 3.05) is 0 Å². The number of hydrogen-bond acceptors (Lipinski definition) is 1.